The molecule has 1 aliphatic rings. The van der Waals surface area contributed by atoms with Crippen molar-refractivity contribution in [2.45, 2.75) is 25.2 Å². The molecule has 0 spiro atoms. The zero-order valence-electron chi connectivity index (χ0n) is 17.8. The number of rotatable bonds is 9. The summed E-state index contributed by atoms with van der Waals surface area (Å²) >= 11 is 0. The van der Waals surface area contributed by atoms with Crippen LogP contribution in [0, 0.1) is 0 Å². The molecule has 5 heteroatoms. The fourth-order valence-electron chi connectivity index (χ4n) is 3.63. The summed E-state index contributed by atoms with van der Waals surface area (Å²) in [6, 6.07) is 27.2. The summed E-state index contributed by atoms with van der Waals surface area (Å²) < 4.78 is 17.3. The Labute approximate surface area is 187 Å². The third kappa shape index (κ3) is 5.44. The average molecular weight is 431 g/mol. The molecule has 1 saturated heterocycles. The van der Waals surface area contributed by atoms with E-state index in [2.05, 4.69) is 0 Å². The van der Waals surface area contributed by atoms with Crippen molar-refractivity contribution in [2.24, 2.45) is 0 Å². The lowest BCUT2D eigenvalue weighted by atomic mass is 9.98. The minimum absolute atomic E-state index is 0.119. The van der Waals surface area contributed by atoms with Gasteiger partial charge in [0.25, 0.3) is 0 Å². The van der Waals surface area contributed by atoms with Crippen LogP contribution in [0.15, 0.2) is 90.5 Å². The molecule has 0 radical (unpaired) electrons. The van der Waals surface area contributed by atoms with E-state index in [-0.39, 0.29) is 19.6 Å². The van der Waals surface area contributed by atoms with Gasteiger partial charge in [-0.1, -0.05) is 78.9 Å². The molecule has 3 aromatic carbocycles. The molecule has 1 heterocycles. The van der Waals surface area contributed by atoms with Crippen molar-refractivity contribution in [1.82, 2.24) is 0 Å². The van der Waals surface area contributed by atoms with Crippen molar-refractivity contribution in [3.8, 4) is 5.75 Å². The Morgan fingerprint density at radius 3 is 2.19 bits per heavy atom. The number of benzene rings is 3. The van der Waals surface area contributed by atoms with Gasteiger partial charge in [0.05, 0.1) is 19.8 Å². The molecule has 0 aromatic heterocycles. The van der Waals surface area contributed by atoms with Crippen LogP contribution in [0.3, 0.4) is 0 Å². The average Bonchev–Trinajstić information content (AvgIpc) is 3.15. The predicted octanol–water partition coefficient (Wildman–Crippen LogP) is 4.54. The molecule has 3 aromatic rings. The first-order valence-electron chi connectivity index (χ1n) is 10.6. The monoisotopic (exact) mass is 430 g/mol. The SMILES string of the molecule is O=C1OC(CO)(COCc2ccccc2)C/C1=C\c1ccccc1OCc1ccccc1. The predicted molar refractivity (Wildman–Crippen MR) is 122 cm³/mol. The number of ether oxygens (including phenoxy) is 3. The number of hydrogen-bond donors (Lipinski definition) is 1. The fraction of sp³-hybridized carbons (Fsp3) is 0.222. The number of carbonyl (C=O) groups excluding carboxylic acids is 1. The van der Waals surface area contributed by atoms with E-state index in [0.29, 0.717) is 24.5 Å². The van der Waals surface area contributed by atoms with Crippen molar-refractivity contribution in [3.05, 3.63) is 107 Å². The molecule has 0 aliphatic carbocycles. The van der Waals surface area contributed by atoms with Crippen LogP contribution in [-0.4, -0.2) is 29.9 Å². The van der Waals surface area contributed by atoms with E-state index in [9.17, 15) is 9.90 Å². The van der Waals surface area contributed by atoms with E-state index in [0.717, 1.165) is 16.7 Å². The molecular formula is C27H26O5. The first-order chi connectivity index (χ1) is 15.7. The van der Waals surface area contributed by atoms with E-state index in [1.807, 2.05) is 84.9 Å². The van der Waals surface area contributed by atoms with Crippen LogP contribution in [0.2, 0.25) is 0 Å². The van der Waals surface area contributed by atoms with Crippen molar-refractivity contribution < 1.29 is 24.1 Å². The molecule has 1 fully saturated rings. The number of cyclic esters (lactones) is 1. The van der Waals surface area contributed by atoms with E-state index >= 15 is 0 Å². The molecule has 164 valence electrons. The minimum Gasteiger partial charge on any atom is -0.488 e. The van der Waals surface area contributed by atoms with Crippen molar-refractivity contribution in [3.63, 3.8) is 0 Å². The maximum absolute atomic E-state index is 12.6. The standard InChI is InChI=1S/C27H26O5/c28-19-27(20-30-17-21-9-3-1-4-10-21)16-24(26(29)32-27)15-23-13-7-8-14-25(23)31-18-22-11-5-2-6-12-22/h1-15,28H,16-20H2/b24-15+. The van der Waals surface area contributed by atoms with Crippen LogP contribution in [0.5, 0.6) is 5.75 Å². The topological polar surface area (TPSA) is 65.0 Å². The molecule has 4 rings (SSSR count). The highest BCUT2D eigenvalue weighted by atomic mass is 16.6. The highest BCUT2D eigenvalue weighted by Gasteiger charge is 2.43. The Hall–Kier alpha value is -3.41. The number of esters is 1. The van der Waals surface area contributed by atoms with Crippen LogP contribution in [0.1, 0.15) is 23.1 Å². The van der Waals surface area contributed by atoms with Gasteiger partial charge in [-0.15, -0.1) is 0 Å². The lowest BCUT2D eigenvalue weighted by Crippen LogP contribution is -2.38. The molecule has 5 nitrogen and oxygen atoms in total. The summed E-state index contributed by atoms with van der Waals surface area (Å²) in [5.41, 5.74) is 2.28. The first-order valence-corrected chi connectivity index (χ1v) is 10.6. The number of carbonyl (C=O) groups is 1. The van der Waals surface area contributed by atoms with Gasteiger partial charge in [-0.3, -0.25) is 0 Å². The second-order valence-electron chi connectivity index (χ2n) is 7.87. The Kier molecular flexibility index (Phi) is 7.00. The van der Waals surface area contributed by atoms with Gasteiger partial charge in [0.2, 0.25) is 0 Å². The smallest absolute Gasteiger partial charge is 0.334 e. The molecule has 32 heavy (non-hydrogen) atoms. The van der Waals surface area contributed by atoms with E-state index < -0.39 is 11.6 Å². The van der Waals surface area contributed by atoms with Crippen molar-refractivity contribution >= 4 is 12.0 Å². The number of para-hydroxylation sites is 1. The number of aliphatic hydroxyl groups is 1. The van der Waals surface area contributed by atoms with Gasteiger partial charge >= 0.3 is 5.97 Å². The zero-order chi connectivity index (χ0) is 22.2. The van der Waals surface area contributed by atoms with Crippen LogP contribution < -0.4 is 4.74 Å². The third-order valence-electron chi connectivity index (χ3n) is 5.33. The summed E-state index contributed by atoms with van der Waals surface area (Å²) in [6.45, 7) is 0.624. The van der Waals surface area contributed by atoms with Crippen molar-refractivity contribution in [1.29, 1.82) is 0 Å². The Morgan fingerprint density at radius 1 is 0.875 bits per heavy atom. The zero-order valence-corrected chi connectivity index (χ0v) is 17.8. The maximum Gasteiger partial charge on any atom is 0.334 e. The summed E-state index contributed by atoms with van der Waals surface area (Å²) in [7, 11) is 0. The van der Waals surface area contributed by atoms with Gasteiger partial charge in [-0.25, -0.2) is 4.79 Å². The summed E-state index contributed by atoms with van der Waals surface area (Å²) in [5, 5.41) is 9.97. The Bertz CT molecular complexity index is 1060. The second-order valence-corrected chi connectivity index (χ2v) is 7.87. The molecule has 1 atom stereocenters. The highest BCUT2D eigenvalue weighted by Crippen LogP contribution is 2.34. The van der Waals surface area contributed by atoms with E-state index in [1.54, 1.807) is 6.08 Å². The lowest BCUT2D eigenvalue weighted by Gasteiger charge is -2.24. The molecule has 0 saturated carbocycles. The largest absolute Gasteiger partial charge is 0.488 e. The van der Waals surface area contributed by atoms with Crippen LogP contribution in [0.25, 0.3) is 6.08 Å². The van der Waals surface area contributed by atoms with Gasteiger partial charge in [-0.2, -0.15) is 0 Å². The molecule has 1 aliphatic heterocycles. The second kappa shape index (κ2) is 10.3. The lowest BCUT2D eigenvalue weighted by molar-refractivity contribution is -0.157. The van der Waals surface area contributed by atoms with Crippen LogP contribution >= 0.6 is 0 Å². The normalized spacial score (nSPS) is 19.2. The van der Waals surface area contributed by atoms with E-state index in [1.165, 1.54) is 0 Å². The van der Waals surface area contributed by atoms with Gasteiger partial charge in [0, 0.05) is 17.6 Å². The third-order valence-corrected chi connectivity index (χ3v) is 5.33. The summed E-state index contributed by atoms with van der Waals surface area (Å²) in [4.78, 5) is 12.6. The van der Waals surface area contributed by atoms with Crippen LogP contribution in [0.4, 0.5) is 0 Å². The summed E-state index contributed by atoms with van der Waals surface area (Å²) in [6.07, 6.45) is 2.04. The molecule has 1 N–H and O–H groups in total. The first kappa shape index (κ1) is 21.8. The molecule has 1 unspecified atom stereocenters. The van der Waals surface area contributed by atoms with Gasteiger partial charge in [0.1, 0.15) is 12.4 Å². The van der Waals surface area contributed by atoms with Gasteiger partial charge in [-0.05, 0) is 23.3 Å². The molecule has 0 bridgehead atoms. The molecule has 0 amide bonds. The maximum atomic E-state index is 12.6. The quantitative estimate of drug-likeness (QED) is 0.399. The van der Waals surface area contributed by atoms with Crippen molar-refractivity contribution in [2.75, 3.05) is 13.2 Å². The summed E-state index contributed by atoms with van der Waals surface area (Å²) in [5.74, 6) is 0.235. The number of hydrogen-bond acceptors (Lipinski definition) is 5. The van der Waals surface area contributed by atoms with Gasteiger partial charge < -0.3 is 19.3 Å². The van der Waals surface area contributed by atoms with Gasteiger partial charge in [0.15, 0.2) is 5.60 Å². The fourth-order valence-corrected chi connectivity index (χ4v) is 3.63. The van der Waals surface area contributed by atoms with E-state index in [4.69, 9.17) is 14.2 Å². The Morgan fingerprint density at radius 2 is 1.50 bits per heavy atom. The van der Waals surface area contributed by atoms with Crippen LogP contribution in [-0.2, 0) is 27.5 Å². The number of aliphatic hydroxyl groups excluding tert-OH is 1. The highest BCUT2D eigenvalue weighted by molar-refractivity contribution is 5.96. The minimum atomic E-state index is -1.07. The Balaban J connectivity index is 1.44. The molecular weight excluding hydrogens is 404 g/mol.